The van der Waals surface area contributed by atoms with E-state index in [9.17, 15) is 4.79 Å². The van der Waals surface area contributed by atoms with Gasteiger partial charge in [0.05, 0.1) is 15.4 Å². The van der Waals surface area contributed by atoms with Gasteiger partial charge < -0.3 is 11.1 Å². The highest BCUT2D eigenvalue weighted by Crippen LogP contribution is 2.32. The van der Waals surface area contributed by atoms with Gasteiger partial charge in [0.15, 0.2) is 0 Å². The highest BCUT2D eigenvalue weighted by atomic mass is 79.9. The third kappa shape index (κ3) is 2.53. The summed E-state index contributed by atoms with van der Waals surface area (Å²) in [5, 5.41) is 4.95. The first-order valence-electron chi connectivity index (χ1n) is 6.06. The number of fused-ring (bicyclic) bond motifs is 1. The summed E-state index contributed by atoms with van der Waals surface area (Å²) in [6.45, 7) is 0. The number of halogens is 1. The third-order valence-electron chi connectivity index (χ3n) is 3.38. The van der Waals surface area contributed by atoms with Gasteiger partial charge in [-0.1, -0.05) is 6.07 Å². The number of nitrogens with two attached hydrogens (primary N) is 1. The molecule has 1 atom stereocenters. The molecule has 1 heterocycles. The number of nitrogen functional groups attached to an aromatic ring is 1. The van der Waals surface area contributed by atoms with Crippen LogP contribution in [0.1, 0.15) is 33.9 Å². The summed E-state index contributed by atoms with van der Waals surface area (Å²) in [4.78, 5) is 12.1. The van der Waals surface area contributed by atoms with Crippen LogP contribution in [0.4, 0.5) is 5.69 Å². The predicted octanol–water partition coefficient (Wildman–Crippen LogP) is 3.51. The fourth-order valence-corrected chi connectivity index (χ4v) is 3.59. The summed E-state index contributed by atoms with van der Waals surface area (Å²) in [5.74, 6) is -0.0170. The second-order valence-corrected chi connectivity index (χ2v) is 6.95. The van der Waals surface area contributed by atoms with Crippen LogP contribution < -0.4 is 11.1 Å². The molecule has 0 aliphatic heterocycles. The minimum atomic E-state index is -0.0170. The van der Waals surface area contributed by atoms with Gasteiger partial charge in [-0.05, 0) is 58.1 Å². The number of carbonyl (C=O) groups excluding carboxylic acids is 1. The molecule has 0 radical (unpaired) electrons. The summed E-state index contributed by atoms with van der Waals surface area (Å²) < 4.78 is 0.970. The summed E-state index contributed by atoms with van der Waals surface area (Å²) in [6.07, 6.45) is 1.91. The zero-order valence-electron chi connectivity index (χ0n) is 10.2. The van der Waals surface area contributed by atoms with E-state index in [-0.39, 0.29) is 11.9 Å². The molecule has 0 fully saturated rings. The molecule has 1 aromatic heterocycles. The highest BCUT2D eigenvalue weighted by Gasteiger charge is 2.24. The lowest BCUT2D eigenvalue weighted by atomic mass is 10.1. The second kappa shape index (κ2) is 4.98. The van der Waals surface area contributed by atoms with Gasteiger partial charge in [-0.3, -0.25) is 4.79 Å². The third-order valence-corrected chi connectivity index (χ3v) is 4.88. The van der Waals surface area contributed by atoms with Crippen LogP contribution in [0, 0.1) is 0 Å². The van der Waals surface area contributed by atoms with Gasteiger partial charge in [-0.25, -0.2) is 0 Å². The molecule has 2 aromatic rings. The standard InChI is InChI=1S/C14H13BrN2OS/c15-13-6-9(7-19-13)14(18)17-12-4-1-8-5-10(16)2-3-11(8)12/h2-3,5-7,12H,1,4,16H2,(H,17,18). The molecule has 5 heteroatoms. The average Bonchev–Trinajstić information content (AvgIpc) is 2.96. The molecule has 1 aliphatic carbocycles. The largest absolute Gasteiger partial charge is 0.399 e. The van der Waals surface area contributed by atoms with Crippen LogP contribution >= 0.6 is 27.3 Å². The highest BCUT2D eigenvalue weighted by molar-refractivity contribution is 9.11. The van der Waals surface area contributed by atoms with Crippen molar-refractivity contribution in [2.75, 3.05) is 5.73 Å². The lowest BCUT2D eigenvalue weighted by Gasteiger charge is -2.13. The lowest BCUT2D eigenvalue weighted by Crippen LogP contribution is -2.26. The molecule has 3 N–H and O–H groups in total. The summed E-state index contributed by atoms with van der Waals surface area (Å²) in [6, 6.07) is 7.86. The summed E-state index contributed by atoms with van der Waals surface area (Å²) >= 11 is 4.89. The Balaban J connectivity index is 1.78. The topological polar surface area (TPSA) is 55.1 Å². The molecule has 1 aliphatic rings. The molecule has 3 rings (SSSR count). The minimum Gasteiger partial charge on any atom is -0.399 e. The van der Waals surface area contributed by atoms with Crippen molar-refractivity contribution in [3.8, 4) is 0 Å². The van der Waals surface area contributed by atoms with E-state index in [4.69, 9.17) is 5.73 Å². The predicted molar refractivity (Wildman–Crippen MR) is 81.4 cm³/mol. The van der Waals surface area contributed by atoms with E-state index in [1.807, 2.05) is 29.6 Å². The fourth-order valence-electron chi connectivity index (χ4n) is 2.46. The van der Waals surface area contributed by atoms with Gasteiger partial charge in [-0.2, -0.15) is 0 Å². The Kier molecular flexibility index (Phi) is 3.33. The number of nitrogens with one attached hydrogen (secondary N) is 1. The maximum atomic E-state index is 12.1. The van der Waals surface area contributed by atoms with Crippen LogP contribution in [0.5, 0.6) is 0 Å². The van der Waals surface area contributed by atoms with Gasteiger partial charge >= 0.3 is 0 Å². The molecular formula is C14H13BrN2OS. The van der Waals surface area contributed by atoms with Crippen molar-refractivity contribution in [1.29, 1.82) is 0 Å². The van der Waals surface area contributed by atoms with E-state index in [1.54, 1.807) is 0 Å². The molecule has 3 nitrogen and oxygen atoms in total. The number of aryl methyl sites for hydroxylation is 1. The smallest absolute Gasteiger partial charge is 0.252 e. The monoisotopic (exact) mass is 336 g/mol. The number of carbonyl (C=O) groups is 1. The number of thiophene rings is 1. The normalized spacial score (nSPS) is 17.2. The van der Waals surface area contributed by atoms with Crippen LogP contribution in [0.25, 0.3) is 0 Å². The van der Waals surface area contributed by atoms with Crippen molar-refractivity contribution >= 4 is 38.9 Å². The van der Waals surface area contributed by atoms with Gasteiger partial charge in [0, 0.05) is 11.1 Å². The molecule has 1 amide bonds. The molecule has 0 saturated carbocycles. The Morgan fingerprint density at radius 2 is 2.26 bits per heavy atom. The summed E-state index contributed by atoms with van der Waals surface area (Å²) in [7, 11) is 0. The molecule has 0 bridgehead atoms. The van der Waals surface area contributed by atoms with Crippen molar-refractivity contribution in [3.63, 3.8) is 0 Å². The Labute approximate surface area is 124 Å². The van der Waals surface area contributed by atoms with Gasteiger partial charge in [-0.15, -0.1) is 11.3 Å². The molecule has 1 aromatic carbocycles. The van der Waals surface area contributed by atoms with Crippen molar-refractivity contribution < 1.29 is 4.79 Å². The molecule has 0 saturated heterocycles. The number of hydrogen-bond donors (Lipinski definition) is 2. The van der Waals surface area contributed by atoms with Crippen molar-refractivity contribution in [3.05, 3.63) is 50.1 Å². The van der Waals surface area contributed by atoms with E-state index in [2.05, 4.69) is 21.2 Å². The summed E-state index contributed by atoms with van der Waals surface area (Å²) in [5.41, 5.74) is 9.71. The number of benzene rings is 1. The van der Waals surface area contributed by atoms with Crippen LogP contribution in [0.2, 0.25) is 0 Å². The molecular weight excluding hydrogens is 324 g/mol. The van der Waals surface area contributed by atoms with Crippen LogP contribution in [0.15, 0.2) is 33.4 Å². The maximum Gasteiger partial charge on any atom is 0.252 e. The first-order chi connectivity index (χ1) is 9.13. The van der Waals surface area contributed by atoms with E-state index < -0.39 is 0 Å². The lowest BCUT2D eigenvalue weighted by molar-refractivity contribution is 0.0937. The average molecular weight is 337 g/mol. The van der Waals surface area contributed by atoms with E-state index in [1.165, 1.54) is 22.5 Å². The number of hydrogen-bond acceptors (Lipinski definition) is 3. The van der Waals surface area contributed by atoms with Crippen LogP contribution in [-0.2, 0) is 6.42 Å². The zero-order valence-corrected chi connectivity index (χ0v) is 12.6. The van der Waals surface area contributed by atoms with E-state index in [0.717, 1.165) is 22.3 Å². The molecule has 19 heavy (non-hydrogen) atoms. The first-order valence-corrected chi connectivity index (χ1v) is 7.74. The fraction of sp³-hybridized carbons (Fsp3) is 0.214. The maximum absolute atomic E-state index is 12.1. The van der Waals surface area contributed by atoms with E-state index >= 15 is 0 Å². The number of amides is 1. The molecule has 0 spiro atoms. The van der Waals surface area contributed by atoms with Crippen molar-refractivity contribution in [2.24, 2.45) is 0 Å². The number of anilines is 1. The first kappa shape index (κ1) is 12.7. The minimum absolute atomic E-state index is 0.0170. The van der Waals surface area contributed by atoms with Crippen molar-refractivity contribution in [1.82, 2.24) is 5.32 Å². The van der Waals surface area contributed by atoms with Crippen molar-refractivity contribution in [2.45, 2.75) is 18.9 Å². The SMILES string of the molecule is Nc1ccc2c(c1)CCC2NC(=O)c1csc(Br)c1. The second-order valence-electron chi connectivity index (χ2n) is 4.66. The number of rotatable bonds is 2. The zero-order chi connectivity index (χ0) is 13.4. The van der Waals surface area contributed by atoms with Gasteiger partial charge in [0.1, 0.15) is 0 Å². The Morgan fingerprint density at radius 3 is 3.00 bits per heavy atom. The van der Waals surface area contributed by atoms with Crippen LogP contribution in [0.3, 0.4) is 0 Å². The molecule has 1 unspecified atom stereocenters. The Hall–Kier alpha value is -1.33. The van der Waals surface area contributed by atoms with Crippen LogP contribution in [-0.4, -0.2) is 5.91 Å². The van der Waals surface area contributed by atoms with Gasteiger partial charge in [0.2, 0.25) is 0 Å². The van der Waals surface area contributed by atoms with E-state index in [0.29, 0.717) is 5.56 Å². The Bertz CT molecular complexity index is 638. The Morgan fingerprint density at radius 1 is 1.42 bits per heavy atom. The molecule has 98 valence electrons. The van der Waals surface area contributed by atoms with Gasteiger partial charge in [0.25, 0.3) is 5.91 Å². The quantitative estimate of drug-likeness (QED) is 0.824.